The number of hydrazine groups is 1. The van der Waals surface area contributed by atoms with Gasteiger partial charge in [0, 0.05) is 11.5 Å². The van der Waals surface area contributed by atoms with Gasteiger partial charge in [0.2, 0.25) is 0 Å². The van der Waals surface area contributed by atoms with Crippen molar-refractivity contribution in [1.82, 2.24) is 10.0 Å². The summed E-state index contributed by atoms with van der Waals surface area (Å²) in [6, 6.07) is 37.7. The lowest BCUT2D eigenvalue weighted by atomic mass is 9.90. The summed E-state index contributed by atoms with van der Waals surface area (Å²) in [5.41, 5.74) is 7.12. The van der Waals surface area contributed by atoms with E-state index in [1.807, 2.05) is 0 Å². The van der Waals surface area contributed by atoms with Crippen LogP contribution in [-0.4, -0.2) is 28.1 Å². The Balaban J connectivity index is 1.23. The molecule has 9 rings (SSSR count). The molecule has 0 aromatic heterocycles. The lowest BCUT2D eigenvalue weighted by Gasteiger charge is -2.18. The number of allylic oxidation sites excluding steroid dienone is 4. The fraction of sp³-hybridized carbons (Fsp3) is 0.128. The third kappa shape index (κ3) is 4.02. The first-order valence-electron chi connectivity index (χ1n) is 15.1. The molecule has 5 aromatic carbocycles. The minimum Gasteiger partial charge on any atom is -0.281 e. The van der Waals surface area contributed by atoms with E-state index in [1.54, 1.807) is 0 Å². The minimum atomic E-state index is -0.101. The molecule has 1 aliphatic carbocycles. The molecule has 0 bridgehead atoms. The highest BCUT2D eigenvalue weighted by molar-refractivity contribution is 6.15. The summed E-state index contributed by atoms with van der Waals surface area (Å²) in [6.45, 7) is 0.733. The van der Waals surface area contributed by atoms with Crippen molar-refractivity contribution in [1.29, 1.82) is 0 Å². The first-order valence-corrected chi connectivity index (χ1v) is 15.1. The lowest BCUT2D eigenvalue weighted by Crippen LogP contribution is -2.20. The van der Waals surface area contributed by atoms with Crippen LogP contribution in [0.1, 0.15) is 35.4 Å². The number of benzene rings is 5. The highest BCUT2D eigenvalue weighted by Gasteiger charge is 2.58. The Labute approximate surface area is 251 Å². The quantitative estimate of drug-likeness (QED) is 0.161. The Bertz CT molecular complexity index is 2070. The largest absolute Gasteiger partial charge is 0.281 e. The van der Waals surface area contributed by atoms with Gasteiger partial charge in [-0.2, -0.15) is 5.01 Å². The van der Waals surface area contributed by atoms with Crippen molar-refractivity contribution in [3.8, 4) is 11.1 Å². The predicted octanol–water partition coefficient (Wildman–Crippen LogP) is 8.79. The van der Waals surface area contributed by atoms with Gasteiger partial charge < -0.3 is 0 Å². The molecule has 1 fully saturated rings. The molecule has 0 amide bonds. The Kier molecular flexibility index (Phi) is 5.56. The van der Waals surface area contributed by atoms with Crippen molar-refractivity contribution in [2.24, 2.45) is 15.9 Å². The predicted molar refractivity (Wildman–Crippen MR) is 177 cm³/mol. The fourth-order valence-electron chi connectivity index (χ4n) is 7.06. The summed E-state index contributed by atoms with van der Waals surface area (Å²) >= 11 is 0. The van der Waals surface area contributed by atoms with Crippen LogP contribution in [0.2, 0.25) is 0 Å². The number of nitrogens with zero attached hydrogens (tertiary/aromatic N) is 4. The van der Waals surface area contributed by atoms with E-state index in [1.165, 1.54) is 43.8 Å². The van der Waals surface area contributed by atoms with Crippen molar-refractivity contribution < 1.29 is 0 Å². The lowest BCUT2D eigenvalue weighted by molar-refractivity contribution is 0.340. The molecular formula is C39H30N4. The van der Waals surface area contributed by atoms with Crippen LogP contribution < -0.4 is 0 Å². The summed E-state index contributed by atoms with van der Waals surface area (Å²) in [7, 11) is 0. The van der Waals surface area contributed by atoms with Crippen LogP contribution >= 0.6 is 0 Å². The zero-order valence-electron chi connectivity index (χ0n) is 23.7. The van der Waals surface area contributed by atoms with Crippen LogP contribution in [0.5, 0.6) is 0 Å². The number of hydrogen-bond donors (Lipinski definition) is 0. The molecule has 5 aromatic rings. The topological polar surface area (TPSA) is 30.7 Å². The highest BCUT2D eigenvalue weighted by Crippen LogP contribution is 2.55. The summed E-state index contributed by atoms with van der Waals surface area (Å²) in [4.78, 5) is 10.3. The molecule has 0 saturated carbocycles. The van der Waals surface area contributed by atoms with Crippen molar-refractivity contribution in [2.75, 3.05) is 6.54 Å². The van der Waals surface area contributed by atoms with Gasteiger partial charge in [0.05, 0.1) is 12.3 Å². The van der Waals surface area contributed by atoms with Crippen molar-refractivity contribution in [3.05, 3.63) is 156 Å². The van der Waals surface area contributed by atoms with Gasteiger partial charge >= 0.3 is 0 Å². The first-order chi connectivity index (χ1) is 21.3. The van der Waals surface area contributed by atoms with Crippen LogP contribution in [0.15, 0.2) is 150 Å². The molecule has 4 aliphatic rings. The molecule has 4 atom stereocenters. The van der Waals surface area contributed by atoms with Gasteiger partial charge in [0.15, 0.2) is 0 Å². The summed E-state index contributed by atoms with van der Waals surface area (Å²) in [6.07, 6.45) is 14.2. The van der Waals surface area contributed by atoms with E-state index in [0.29, 0.717) is 0 Å². The Morgan fingerprint density at radius 2 is 1.47 bits per heavy atom. The summed E-state index contributed by atoms with van der Waals surface area (Å²) in [5, 5.41) is 9.94. The third-order valence-corrected chi connectivity index (χ3v) is 9.10. The number of rotatable bonds is 5. The second-order valence-electron chi connectivity index (χ2n) is 11.7. The molecule has 4 nitrogen and oxygen atoms in total. The van der Waals surface area contributed by atoms with Crippen molar-refractivity contribution in [2.45, 2.75) is 18.8 Å². The fourth-order valence-corrected chi connectivity index (χ4v) is 7.06. The van der Waals surface area contributed by atoms with Gasteiger partial charge in [0.25, 0.3) is 0 Å². The number of aliphatic imine (C=N–C) groups is 2. The summed E-state index contributed by atoms with van der Waals surface area (Å²) in [5.74, 6) is 1.43. The van der Waals surface area contributed by atoms with Crippen LogP contribution in [0, 0.1) is 5.92 Å². The number of amidine groups is 1. The maximum atomic E-state index is 5.43. The molecule has 206 valence electrons. The number of fused-ring (bicyclic) bond motifs is 4. The van der Waals surface area contributed by atoms with E-state index >= 15 is 0 Å². The maximum Gasteiger partial charge on any atom is 0.149 e. The smallest absolute Gasteiger partial charge is 0.149 e. The third-order valence-electron chi connectivity index (χ3n) is 9.10. The van der Waals surface area contributed by atoms with Gasteiger partial charge in [-0.3, -0.25) is 10.0 Å². The molecule has 1 saturated heterocycles. The molecule has 0 N–H and O–H groups in total. The Morgan fingerprint density at radius 1 is 0.674 bits per heavy atom. The van der Waals surface area contributed by atoms with Crippen LogP contribution in [0.3, 0.4) is 0 Å². The molecule has 3 heterocycles. The molecule has 4 unspecified atom stereocenters. The molecule has 4 heteroatoms. The standard InChI is InChI=1S/C39H30N4/c1-3-12-26(13-4-1)37-41-38(43-39(42(37)43)27-14-5-2-6-15-27)31-23-29(22-30(24-31)36-20-11-21-40-36)35-25-28-16-7-8-17-32(28)33-18-9-10-19-34(33)35/h1-12,14-20,22-26,38-39H,13,21H2. The van der Waals surface area contributed by atoms with Crippen LogP contribution in [-0.2, 0) is 0 Å². The van der Waals surface area contributed by atoms with Gasteiger partial charge in [-0.05, 0) is 80.6 Å². The normalized spacial score (nSPS) is 23.6. The van der Waals surface area contributed by atoms with Gasteiger partial charge in [-0.15, -0.1) is 0 Å². The second-order valence-corrected chi connectivity index (χ2v) is 11.7. The van der Waals surface area contributed by atoms with E-state index in [4.69, 9.17) is 9.98 Å². The monoisotopic (exact) mass is 554 g/mol. The molecule has 0 spiro atoms. The van der Waals surface area contributed by atoms with Gasteiger partial charge in [-0.25, -0.2) is 4.99 Å². The average molecular weight is 555 g/mol. The van der Waals surface area contributed by atoms with E-state index < -0.39 is 0 Å². The second kappa shape index (κ2) is 9.75. The Hall–Kier alpha value is -5.06. The molecule has 0 radical (unpaired) electrons. The van der Waals surface area contributed by atoms with Crippen LogP contribution in [0.25, 0.3) is 32.7 Å². The number of hydrogen-bond acceptors (Lipinski definition) is 4. The van der Waals surface area contributed by atoms with Gasteiger partial charge in [0.1, 0.15) is 18.2 Å². The first kappa shape index (κ1) is 24.5. The van der Waals surface area contributed by atoms with Crippen LogP contribution in [0.4, 0.5) is 0 Å². The van der Waals surface area contributed by atoms with Gasteiger partial charge in [-0.1, -0.05) is 109 Å². The summed E-state index contributed by atoms with van der Waals surface area (Å²) < 4.78 is 0. The zero-order chi connectivity index (χ0) is 28.3. The molecule has 43 heavy (non-hydrogen) atoms. The Morgan fingerprint density at radius 3 is 2.28 bits per heavy atom. The van der Waals surface area contributed by atoms with E-state index in [9.17, 15) is 0 Å². The molecular weight excluding hydrogens is 524 g/mol. The highest BCUT2D eigenvalue weighted by atomic mass is 15.9. The van der Waals surface area contributed by atoms with Crippen molar-refractivity contribution in [3.63, 3.8) is 0 Å². The average Bonchev–Trinajstić information content (AvgIpc) is 3.38. The van der Waals surface area contributed by atoms with Crippen molar-refractivity contribution >= 4 is 33.1 Å². The SMILES string of the molecule is C1=CCC(C2=NC(c3cc(C4=NCC=C4)cc(-c4cc5ccccc5c5ccccc45)c3)N3C(c4ccccc4)N23)C=C1. The van der Waals surface area contributed by atoms with E-state index in [-0.39, 0.29) is 18.2 Å². The molecule has 3 aliphatic heterocycles. The minimum absolute atomic E-state index is 0.101. The zero-order valence-corrected chi connectivity index (χ0v) is 23.7. The maximum absolute atomic E-state index is 5.43. The van der Waals surface area contributed by atoms with E-state index in [2.05, 4.69) is 150 Å². The van der Waals surface area contributed by atoms with E-state index in [0.717, 1.165) is 30.1 Å².